The SMILES string of the molecule is [C-]#[N+]c1cc(CN(Cc2cc3c(cc2N(CC)CCCCC(=O)O)CCC3)c2nnn(CC)n2)cc(C(F)(F)F)c1. The number of carboxylic acids is 1. The van der Waals surface area contributed by atoms with Gasteiger partial charge in [0, 0.05) is 43.9 Å². The first kappa shape index (κ1) is 29.8. The van der Waals surface area contributed by atoms with Gasteiger partial charge < -0.3 is 14.9 Å². The van der Waals surface area contributed by atoms with Gasteiger partial charge in [-0.15, -0.1) is 5.10 Å². The summed E-state index contributed by atoms with van der Waals surface area (Å²) in [5.41, 5.74) is 3.90. The Morgan fingerprint density at radius 2 is 1.83 bits per heavy atom. The van der Waals surface area contributed by atoms with Crippen LogP contribution in [0.5, 0.6) is 0 Å². The van der Waals surface area contributed by atoms with Gasteiger partial charge in [0.1, 0.15) is 0 Å². The molecule has 0 amide bonds. The molecular formula is C29H34F3N7O2. The van der Waals surface area contributed by atoms with Crippen molar-refractivity contribution in [1.29, 1.82) is 0 Å². The lowest BCUT2D eigenvalue weighted by molar-refractivity contribution is -0.138. The van der Waals surface area contributed by atoms with Crippen molar-refractivity contribution in [3.8, 4) is 0 Å². The minimum absolute atomic E-state index is 0.0448. The summed E-state index contributed by atoms with van der Waals surface area (Å²) in [6.07, 6.45) is -0.178. The highest BCUT2D eigenvalue weighted by Gasteiger charge is 2.31. The highest BCUT2D eigenvalue weighted by molar-refractivity contribution is 5.66. The van der Waals surface area contributed by atoms with Gasteiger partial charge in [-0.3, -0.25) is 4.79 Å². The second-order valence-electron chi connectivity index (χ2n) is 10.2. The van der Waals surface area contributed by atoms with Crippen molar-refractivity contribution in [2.45, 2.75) is 78.2 Å². The van der Waals surface area contributed by atoms with Crippen LogP contribution in [0.3, 0.4) is 0 Å². The van der Waals surface area contributed by atoms with E-state index in [1.165, 1.54) is 22.0 Å². The van der Waals surface area contributed by atoms with Gasteiger partial charge in [-0.05, 0) is 91.6 Å². The first-order valence-corrected chi connectivity index (χ1v) is 13.8. The molecule has 0 atom stereocenters. The topological polar surface area (TPSA) is 91.7 Å². The molecule has 0 unspecified atom stereocenters. The monoisotopic (exact) mass is 569 g/mol. The molecule has 1 aromatic heterocycles. The number of hydrogen-bond acceptors (Lipinski definition) is 6. The Hall–Kier alpha value is -4.14. The van der Waals surface area contributed by atoms with E-state index in [0.717, 1.165) is 49.1 Å². The molecule has 12 heteroatoms. The molecule has 0 spiro atoms. The fourth-order valence-corrected chi connectivity index (χ4v) is 5.22. The smallest absolute Gasteiger partial charge is 0.415 e. The number of anilines is 2. The van der Waals surface area contributed by atoms with E-state index in [-0.39, 0.29) is 24.6 Å². The van der Waals surface area contributed by atoms with Crippen LogP contribution in [0.4, 0.5) is 30.5 Å². The third-order valence-electron chi connectivity index (χ3n) is 7.26. The molecule has 0 aliphatic heterocycles. The number of aromatic nitrogens is 4. The van der Waals surface area contributed by atoms with Crippen LogP contribution in [0, 0.1) is 6.57 Å². The lowest BCUT2D eigenvalue weighted by atomic mass is 10.0. The summed E-state index contributed by atoms with van der Waals surface area (Å²) in [6.45, 7) is 13.5. The third kappa shape index (κ3) is 7.54. The van der Waals surface area contributed by atoms with Gasteiger partial charge in [0.2, 0.25) is 0 Å². The number of aliphatic carboxylic acids is 1. The Bertz CT molecular complexity index is 1410. The number of fused-ring (bicyclic) bond motifs is 1. The van der Waals surface area contributed by atoms with E-state index in [2.05, 4.69) is 44.2 Å². The maximum absolute atomic E-state index is 13.6. The van der Waals surface area contributed by atoms with Gasteiger partial charge in [0.25, 0.3) is 5.95 Å². The predicted octanol–water partition coefficient (Wildman–Crippen LogP) is 6.04. The number of alkyl halides is 3. The highest BCUT2D eigenvalue weighted by Crippen LogP contribution is 2.35. The number of rotatable bonds is 13. The number of benzene rings is 2. The van der Waals surface area contributed by atoms with Crippen LogP contribution in [0.25, 0.3) is 4.85 Å². The van der Waals surface area contributed by atoms with E-state index >= 15 is 0 Å². The van der Waals surface area contributed by atoms with Crippen LogP contribution in [0.2, 0.25) is 0 Å². The number of carboxylic acid groups (broad SMARTS) is 1. The van der Waals surface area contributed by atoms with Crippen molar-refractivity contribution in [1.82, 2.24) is 20.2 Å². The summed E-state index contributed by atoms with van der Waals surface area (Å²) in [5, 5.41) is 21.7. The zero-order valence-electron chi connectivity index (χ0n) is 23.3. The van der Waals surface area contributed by atoms with Gasteiger partial charge in [-0.1, -0.05) is 17.2 Å². The van der Waals surface area contributed by atoms with Crippen molar-refractivity contribution in [3.63, 3.8) is 0 Å². The third-order valence-corrected chi connectivity index (χ3v) is 7.26. The lowest BCUT2D eigenvalue weighted by Gasteiger charge is -2.29. The van der Waals surface area contributed by atoms with Crippen molar-refractivity contribution in [2.75, 3.05) is 22.9 Å². The molecule has 2 aromatic carbocycles. The van der Waals surface area contributed by atoms with Crippen LogP contribution >= 0.6 is 0 Å². The van der Waals surface area contributed by atoms with Crippen LogP contribution in [0.1, 0.15) is 67.3 Å². The predicted molar refractivity (Wildman–Crippen MR) is 149 cm³/mol. The highest BCUT2D eigenvalue weighted by atomic mass is 19.4. The normalized spacial score (nSPS) is 12.7. The molecule has 1 aliphatic carbocycles. The lowest BCUT2D eigenvalue weighted by Crippen LogP contribution is -2.29. The van der Waals surface area contributed by atoms with Crippen molar-refractivity contribution < 1.29 is 23.1 Å². The molecule has 1 heterocycles. The Morgan fingerprint density at radius 3 is 2.46 bits per heavy atom. The van der Waals surface area contributed by atoms with Gasteiger partial charge in [-0.2, -0.15) is 18.0 Å². The molecule has 0 saturated carbocycles. The zero-order valence-corrected chi connectivity index (χ0v) is 23.3. The number of unbranched alkanes of at least 4 members (excludes halogenated alkanes) is 1. The minimum atomic E-state index is -4.58. The quantitative estimate of drug-likeness (QED) is 0.198. The molecule has 0 fully saturated rings. The summed E-state index contributed by atoms with van der Waals surface area (Å²) >= 11 is 0. The maximum Gasteiger partial charge on any atom is 0.415 e. The fourth-order valence-electron chi connectivity index (χ4n) is 5.22. The molecule has 9 nitrogen and oxygen atoms in total. The molecule has 0 saturated heterocycles. The Labute approximate surface area is 237 Å². The number of halogens is 3. The summed E-state index contributed by atoms with van der Waals surface area (Å²) in [7, 11) is 0. The molecular weight excluding hydrogens is 535 g/mol. The molecule has 0 radical (unpaired) electrons. The van der Waals surface area contributed by atoms with E-state index in [4.69, 9.17) is 11.7 Å². The largest absolute Gasteiger partial charge is 0.481 e. The molecule has 1 aliphatic rings. The van der Waals surface area contributed by atoms with Crippen LogP contribution < -0.4 is 9.80 Å². The van der Waals surface area contributed by atoms with Crippen molar-refractivity contribution >= 4 is 23.3 Å². The van der Waals surface area contributed by atoms with E-state index in [9.17, 15) is 18.0 Å². The van der Waals surface area contributed by atoms with Gasteiger partial charge in [0.15, 0.2) is 5.69 Å². The van der Waals surface area contributed by atoms with Crippen LogP contribution in [-0.2, 0) is 43.4 Å². The molecule has 218 valence electrons. The Kier molecular flexibility index (Phi) is 9.47. The van der Waals surface area contributed by atoms with Crippen molar-refractivity contribution in [2.24, 2.45) is 0 Å². The van der Waals surface area contributed by atoms with Crippen molar-refractivity contribution in [3.05, 3.63) is 69.6 Å². The minimum Gasteiger partial charge on any atom is -0.481 e. The van der Waals surface area contributed by atoms with Crippen LogP contribution in [0.15, 0.2) is 30.3 Å². The van der Waals surface area contributed by atoms with E-state index < -0.39 is 17.7 Å². The Morgan fingerprint density at radius 1 is 1.07 bits per heavy atom. The van der Waals surface area contributed by atoms with Gasteiger partial charge >= 0.3 is 12.1 Å². The second-order valence-corrected chi connectivity index (χ2v) is 10.2. The summed E-state index contributed by atoms with van der Waals surface area (Å²) < 4.78 is 40.9. The fraction of sp³-hybridized carbons (Fsp3) is 0.483. The zero-order chi connectivity index (χ0) is 29.6. The molecule has 41 heavy (non-hydrogen) atoms. The second kappa shape index (κ2) is 13.0. The van der Waals surface area contributed by atoms with Gasteiger partial charge in [-0.25, -0.2) is 4.85 Å². The molecule has 4 rings (SSSR count). The first-order chi connectivity index (χ1) is 19.6. The summed E-state index contributed by atoms with van der Waals surface area (Å²) in [6, 6.07) is 7.76. The van der Waals surface area contributed by atoms with E-state index in [1.54, 1.807) is 4.90 Å². The number of nitrogens with zero attached hydrogens (tertiary/aromatic N) is 7. The summed E-state index contributed by atoms with van der Waals surface area (Å²) in [4.78, 5) is 19.7. The average Bonchev–Trinajstić information content (AvgIpc) is 3.61. The van der Waals surface area contributed by atoms with E-state index in [0.29, 0.717) is 38.2 Å². The maximum atomic E-state index is 13.6. The summed E-state index contributed by atoms with van der Waals surface area (Å²) in [5.74, 6) is -0.532. The number of carbonyl (C=O) groups is 1. The molecule has 1 N–H and O–H groups in total. The average molecular weight is 570 g/mol. The Balaban J connectivity index is 1.71. The number of tetrazole rings is 1. The van der Waals surface area contributed by atoms with E-state index in [1.807, 2.05) is 6.92 Å². The molecule has 3 aromatic rings. The van der Waals surface area contributed by atoms with Crippen LogP contribution in [-0.4, -0.2) is 44.4 Å². The number of aryl methyl sites for hydroxylation is 3. The standard InChI is InChI=1S/C29H34F3N7O2/c1-4-37(12-7-6-11-27(40)41)26-16-22-10-8-9-21(22)15-23(26)19-38(28-34-36-39(5-2)35-28)18-20-13-24(29(30,31)32)17-25(14-20)33-3/h13-17H,4-12,18-19H2,1-2H3,(H,40,41). The number of hydrogen-bond donors (Lipinski definition) is 1. The molecule has 0 bridgehead atoms. The first-order valence-electron chi connectivity index (χ1n) is 13.8. The van der Waals surface area contributed by atoms with Gasteiger partial charge in [0.05, 0.1) is 13.1 Å².